The summed E-state index contributed by atoms with van der Waals surface area (Å²) in [6, 6.07) is 22.2. The molecule has 2 amide bonds. The Labute approximate surface area is 218 Å². The van der Waals surface area contributed by atoms with Crippen molar-refractivity contribution >= 4 is 56.3 Å². The van der Waals surface area contributed by atoms with Gasteiger partial charge in [0, 0.05) is 50.2 Å². The van der Waals surface area contributed by atoms with E-state index in [-0.39, 0.29) is 0 Å². The van der Waals surface area contributed by atoms with E-state index in [0.717, 1.165) is 17.0 Å². The Bertz CT molecular complexity index is 1750. The molecule has 1 aliphatic rings. The van der Waals surface area contributed by atoms with Gasteiger partial charge in [0.15, 0.2) is 0 Å². The molecular formula is C30H26N4O4. The smallest absolute Gasteiger partial charge is 0.261 e. The van der Waals surface area contributed by atoms with Gasteiger partial charge in [-0.3, -0.25) is 19.9 Å². The van der Waals surface area contributed by atoms with Crippen molar-refractivity contribution in [3.8, 4) is 0 Å². The lowest BCUT2D eigenvalue weighted by atomic mass is 9.92. The summed E-state index contributed by atoms with van der Waals surface area (Å²) in [6.45, 7) is 1.99. The van der Waals surface area contributed by atoms with E-state index in [1.54, 1.807) is 30.5 Å². The Morgan fingerprint density at radius 1 is 0.842 bits per heavy atom. The number of aryl methyl sites for hydroxylation is 1. The molecule has 0 fully saturated rings. The lowest BCUT2D eigenvalue weighted by Gasteiger charge is -2.32. The summed E-state index contributed by atoms with van der Waals surface area (Å²) in [7, 11) is 0. The second-order valence-electron chi connectivity index (χ2n) is 9.30. The first kappa shape index (κ1) is 23.8. The highest BCUT2D eigenvalue weighted by molar-refractivity contribution is 6.27. The predicted molar refractivity (Wildman–Crippen MR) is 149 cm³/mol. The molecule has 0 radical (unpaired) electrons. The molecule has 0 saturated carbocycles. The van der Waals surface area contributed by atoms with Crippen LogP contribution in [0.2, 0.25) is 0 Å². The summed E-state index contributed by atoms with van der Waals surface area (Å²) in [5, 5.41) is 27.2. The predicted octanol–water partition coefficient (Wildman–Crippen LogP) is 4.36. The number of carbonyl (C=O) groups is 2. The third-order valence-electron chi connectivity index (χ3n) is 7.24. The van der Waals surface area contributed by atoms with Gasteiger partial charge >= 0.3 is 0 Å². The van der Waals surface area contributed by atoms with Crippen molar-refractivity contribution in [3.05, 3.63) is 89.5 Å². The number of aliphatic hydroxyl groups is 2. The number of imide groups is 1. The number of hydrazone groups is 1. The fraction of sp³-hybridized carbons (Fsp3) is 0.167. The van der Waals surface area contributed by atoms with Crippen LogP contribution in [-0.2, 0) is 6.54 Å². The number of nitrogens with zero attached hydrogens (tertiary/aromatic N) is 3. The molecule has 0 unspecified atom stereocenters. The molecule has 0 atom stereocenters. The molecule has 38 heavy (non-hydrogen) atoms. The topological polar surface area (TPSA) is 107 Å². The number of nitrogens with one attached hydrogen (secondary N) is 1. The number of aliphatic hydroxyl groups excluding tert-OH is 2. The van der Waals surface area contributed by atoms with Gasteiger partial charge in [-0.05, 0) is 48.9 Å². The number of rotatable bonds is 7. The van der Waals surface area contributed by atoms with Gasteiger partial charge in [-0.1, -0.05) is 36.4 Å². The zero-order chi connectivity index (χ0) is 26.4. The van der Waals surface area contributed by atoms with E-state index in [0.29, 0.717) is 27.6 Å². The standard InChI is InChI=1S/C30H26N4O4/c1-2-33-26-9-4-3-6-20(26)24-14-18(10-13-27(24)33)15-31-32-25-12-11-23-28-21(25)7-5-8-22(28)29(37)34(30(23)38)19(16-35)17-36/h3-15,19,32,35-36H,2,16-17H2,1H3/b31-15+. The molecular weight excluding hydrogens is 480 g/mol. The minimum absolute atomic E-state index is 0.342. The highest BCUT2D eigenvalue weighted by atomic mass is 16.3. The number of amides is 2. The van der Waals surface area contributed by atoms with Gasteiger partial charge in [-0.25, -0.2) is 0 Å². The van der Waals surface area contributed by atoms with Gasteiger partial charge in [0.2, 0.25) is 0 Å². The number of carbonyl (C=O) groups excluding carboxylic acids is 2. The average molecular weight is 507 g/mol. The van der Waals surface area contributed by atoms with Crippen LogP contribution in [0.15, 0.2) is 77.9 Å². The van der Waals surface area contributed by atoms with Crippen LogP contribution >= 0.6 is 0 Å². The van der Waals surface area contributed by atoms with Crippen LogP contribution in [0.25, 0.3) is 32.6 Å². The molecule has 8 heteroatoms. The third-order valence-corrected chi connectivity index (χ3v) is 7.24. The zero-order valence-electron chi connectivity index (χ0n) is 20.8. The second-order valence-corrected chi connectivity index (χ2v) is 9.30. The number of benzene rings is 4. The van der Waals surface area contributed by atoms with Gasteiger partial charge in [0.1, 0.15) is 0 Å². The molecule has 1 aliphatic heterocycles. The van der Waals surface area contributed by atoms with Crippen LogP contribution in [0.1, 0.15) is 33.2 Å². The summed E-state index contributed by atoms with van der Waals surface area (Å²) in [5.74, 6) is -1.08. The fourth-order valence-corrected chi connectivity index (χ4v) is 5.43. The number of anilines is 1. The van der Waals surface area contributed by atoms with Gasteiger partial charge in [0.25, 0.3) is 11.8 Å². The Balaban J connectivity index is 1.34. The van der Waals surface area contributed by atoms with Crippen LogP contribution in [0.4, 0.5) is 5.69 Å². The van der Waals surface area contributed by atoms with E-state index in [1.165, 1.54) is 21.8 Å². The molecule has 2 heterocycles. The maximum atomic E-state index is 13.1. The van der Waals surface area contributed by atoms with Gasteiger partial charge < -0.3 is 14.8 Å². The van der Waals surface area contributed by atoms with Crippen LogP contribution in [0, 0.1) is 0 Å². The van der Waals surface area contributed by atoms with E-state index in [9.17, 15) is 19.8 Å². The van der Waals surface area contributed by atoms with Gasteiger partial charge in [0.05, 0.1) is 31.2 Å². The number of hydrogen-bond acceptors (Lipinski definition) is 6. The highest BCUT2D eigenvalue weighted by Gasteiger charge is 2.37. The first-order valence-electron chi connectivity index (χ1n) is 12.5. The van der Waals surface area contributed by atoms with Crippen molar-refractivity contribution in [2.75, 3.05) is 18.6 Å². The minimum Gasteiger partial charge on any atom is -0.394 e. The van der Waals surface area contributed by atoms with Crippen molar-refractivity contribution in [1.82, 2.24) is 9.47 Å². The number of aromatic nitrogens is 1. The van der Waals surface area contributed by atoms with Crippen molar-refractivity contribution in [2.24, 2.45) is 5.10 Å². The van der Waals surface area contributed by atoms with Crippen molar-refractivity contribution in [3.63, 3.8) is 0 Å². The Morgan fingerprint density at radius 2 is 1.55 bits per heavy atom. The van der Waals surface area contributed by atoms with Crippen LogP contribution in [-0.4, -0.2) is 57.0 Å². The van der Waals surface area contributed by atoms with Crippen molar-refractivity contribution in [1.29, 1.82) is 0 Å². The van der Waals surface area contributed by atoms with E-state index >= 15 is 0 Å². The largest absolute Gasteiger partial charge is 0.394 e. The van der Waals surface area contributed by atoms with Crippen molar-refractivity contribution < 1.29 is 19.8 Å². The number of fused-ring (bicyclic) bond motifs is 3. The molecule has 6 rings (SSSR count). The quantitative estimate of drug-likeness (QED) is 0.173. The Kier molecular flexibility index (Phi) is 5.90. The SMILES string of the molecule is CCn1c2ccccc2c2cc(/C=N/Nc3ccc4c5c(cccc35)C(=O)N(C(CO)CO)C4=O)ccc21. The maximum absolute atomic E-state index is 13.1. The van der Waals surface area contributed by atoms with Gasteiger partial charge in [-0.15, -0.1) is 0 Å². The Hall–Kier alpha value is -4.53. The maximum Gasteiger partial charge on any atom is 0.261 e. The van der Waals surface area contributed by atoms with E-state index in [2.05, 4.69) is 52.3 Å². The lowest BCUT2D eigenvalue weighted by molar-refractivity contribution is 0.0375. The Morgan fingerprint density at radius 3 is 2.32 bits per heavy atom. The summed E-state index contributed by atoms with van der Waals surface area (Å²) in [4.78, 5) is 27.2. The van der Waals surface area contributed by atoms with Crippen LogP contribution in [0.5, 0.6) is 0 Å². The second kappa shape index (κ2) is 9.41. The molecule has 5 aromatic rings. The molecule has 4 aromatic carbocycles. The van der Waals surface area contributed by atoms with E-state index in [1.807, 2.05) is 18.2 Å². The monoisotopic (exact) mass is 506 g/mol. The summed E-state index contributed by atoms with van der Waals surface area (Å²) in [6.07, 6.45) is 1.75. The molecule has 0 bridgehead atoms. The fourth-order valence-electron chi connectivity index (χ4n) is 5.43. The average Bonchev–Trinajstić information content (AvgIpc) is 3.27. The summed E-state index contributed by atoms with van der Waals surface area (Å²) < 4.78 is 2.30. The summed E-state index contributed by atoms with van der Waals surface area (Å²) in [5.41, 5.74) is 7.73. The van der Waals surface area contributed by atoms with E-state index < -0.39 is 31.1 Å². The zero-order valence-corrected chi connectivity index (χ0v) is 20.8. The van der Waals surface area contributed by atoms with Crippen LogP contribution in [0.3, 0.4) is 0 Å². The molecule has 190 valence electrons. The first-order valence-corrected chi connectivity index (χ1v) is 12.5. The molecule has 0 aliphatic carbocycles. The van der Waals surface area contributed by atoms with Crippen LogP contribution < -0.4 is 5.43 Å². The highest BCUT2D eigenvalue weighted by Crippen LogP contribution is 2.35. The molecule has 0 spiro atoms. The summed E-state index contributed by atoms with van der Waals surface area (Å²) >= 11 is 0. The van der Waals surface area contributed by atoms with E-state index in [4.69, 9.17) is 0 Å². The molecule has 3 N–H and O–H groups in total. The number of para-hydroxylation sites is 1. The molecule has 1 aromatic heterocycles. The molecule has 8 nitrogen and oxygen atoms in total. The number of hydrogen-bond donors (Lipinski definition) is 3. The van der Waals surface area contributed by atoms with Crippen molar-refractivity contribution in [2.45, 2.75) is 19.5 Å². The van der Waals surface area contributed by atoms with Gasteiger partial charge in [-0.2, -0.15) is 5.10 Å². The first-order chi connectivity index (χ1) is 18.6. The minimum atomic E-state index is -0.996. The lowest BCUT2D eigenvalue weighted by Crippen LogP contribution is -2.50. The normalized spacial score (nSPS) is 13.6. The molecule has 0 saturated heterocycles. The third kappa shape index (κ3) is 3.57.